The first-order valence-corrected chi connectivity index (χ1v) is 20.6. The SMILES string of the molecule is CC(C)C[C@@H](NC(=O)/C=C/c1ccc(O)c(O)c1)C(=O)N[C@@H](C(=O)N[C@@H](C(=O)N[C@H](Cc1ccccc1)C(=O)N[C@H](Cc1ccccc1)C(=O)N[C@H](C)C(N)=O)C(C)C)C(C)C. The number of aromatic hydroxyl groups is 2. The van der Waals surface area contributed by atoms with Crippen LogP contribution in [0.25, 0.3) is 6.08 Å². The smallest absolute Gasteiger partial charge is 0.244 e. The van der Waals surface area contributed by atoms with Gasteiger partial charge < -0.3 is 47.8 Å². The van der Waals surface area contributed by atoms with E-state index in [-0.39, 0.29) is 36.7 Å². The van der Waals surface area contributed by atoms with Crippen molar-refractivity contribution in [1.82, 2.24) is 31.9 Å². The highest BCUT2D eigenvalue weighted by molar-refractivity contribution is 5.98. The van der Waals surface area contributed by atoms with Crippen LogP contribution in [-0.4, -0.2) is 87.8 Å². The molecule has 16 nitrogen and oxygen atoms in total. The number of nitrogens with two attached hydrogens (primary N) is 1. The van der Waals surface area contributed by atoms with Gasteiger partial charge in [-0.2, -0.15) is 0 Å². The Balaban J connectivity index is 1.82. The summed E-state index contributed by atoms with van der Waals surface area (Å²) in [5.74, 6) is -6.38. The first-order chi connectivity index (χ1) is 29.2. The van der Waals surface area contributed by atoms with Gasteiger partial charge in [0.05, 0.1) is 0 Å². The Bertz CT molecular complexity index is 2040. The van der Waals surface area contributed by atoms with Crippen LogP contribution in [0.4, 0.5) is 0 Å². The predicted molar refractivity (Wildman–Crippen MR) is 235 cm³/mol. The van der Waals surface area contributed by atoms with Gasteiger partial charge in [0.2, 0.25) is 41.4 Å². The van der Waals surface area contributed by atoms with Crippen LogP contribution >= 0.6 is 0 Å². The van der Waals surface area contributed by atoms with Gasteiger partial charge >= 0.3 is 0 Å². The lowest BCUT2D eigenvalue weighted by atomic mass is 9.97. The molecule has 0 aliphatic rings. The zero-order valence-corrected chi connectivity index (χ0v) is 36.3. The largest absolute Gasteiger partial charge is 0.504 e. The van der Waals surface area contributed by atoms with Gasteiger partial charge in [0.15, 0.2) is 11.5 Å². The zero-order chi connectivity index (χ0) is 46.1. The highest BCUT2D eigenvalue weighted by Crippen LogP contribution is 2.25. The monoisotopic (exact) mass is 855 g/mol. The highest BCUT2D eigenvalue weighted by Gasteiger charge is 2.35. The van der Waals surface area contributed by atoms with Crippen molar-refractivity contribution in [2.75, 3.05) is 0 Å². The molecule has 0 aliphatic carbocycles. The Morgan fingerprint density at radius 1 is 0.548 bits per heavy atom. The molecule has 62 heavy (non-hydrogen) atoms. The van der Waals surface area contributed by atoms with E-state index in [2.05, 4.69) is 31.9 Å². The summed E-state index contributed by atoms with van der Waals surface area (Å²) in [6.45, 7) is 12.0. The quantitative estimate of drug-likeness (QED) is 0.0530. The molecular formula is C46H61N7O9. The number of amides is 7. The maximum absolute atomic E-state index is 14.1. The van der Waals surface area contributed by atoms with E-state index in [4.69, 9.17) is 5.73 Å². The Morgan fingerprint density at radius 3 is 1.47 bits per heavy atom. The predicted octanol–water partition coefficient (Wildman–Crippen LogP) is 2.37. The van der Waals surface area contributed by atoms with Gasteiger partial charge in [-0.25, -0.2) is 0 Å². The Hall–Kier alpha value is -6.71. The number of carbonyl (C=O) groups excluding carboxylic acids is 7. The molecule has 0 radical (unpaired) electrons. The number of carbonyl (C=O) groups is 7. The van der Waals surface area contributed by atoms with Crippen LogP contribution in [0.5, 0.6) is 11.5 Å². The van der Waals surface area contributed by atoms with Gasteiger partial charge in [-0.1, -0.05) is 108 Å². The van der Waals surface area contributed by atoms with Crippen molar-refractivity contribution in [3.63, 3.8) is 0 Å². The number of phenolic OH excluding ortho intramolecular Hbond substituents is 2. The Labute approximate surface area is 362 Å². The molecule has 0 unspecified atom stereocenters. The van der Waals surface area contributed by atoms with Crippen molar-refractivity contribution in [2.24, 2.45) is 23.5 Å². The molecule has 16 heteroatoms. The van der Waals surface area contributed by atoms with Crippen LogP contribution in [-0.2, 0) is 46.4 Å². The average molecular weight is 856 g/mol. The minimum Gasteiger partial charge on any atom is -0.504 e. The van der Waals surface area contributed by atoms with Crippen LogP contribution in [0.3, 0.4) is 0 Å². The molecular weight excluding hydrogens is 795 g/mol. The summed E-state index contributed by atoms with van der Waals surface area (Å²) in [6.07, 6.45) is 2.90. The normalized spacial score (nSPS) is 14.2. The molecule has 0 saturated carbocycles. The van der Waals surface area contributed by atoms with Crippen molar-refractivity contribution in [3.8, 4) is 11.5 Å². The average Bonchev–Trinajstić information content (AvgIpc) is 3.21. The van der Waals surface area contributed by atoms with E-state index in [1.54, 1.807) is 88.4 Å². The topological polar surface area (TPSA) is 258 Å². The van der Waals surface area contributed by atoms with E-state index in [9.17, 15) is 43.8 Å². The number of hydrogen-bond acceptors (Lipinski definition) is 9. The maximum Gasteiger partial charge on any atom is 0.244 e. The van der Waals surface area contributed by atoms with Gasteiger partial charge in [-0.15, -0.1) is 0 Å². The molecule has 7 amide bonds. The second-order valence-corrected chi connectivity index (χ2v) is 16.4. The fourth-order valence-electron chi connectivity index (χ4n) is 6.34. The van der Waals surface area contributed by atoms with Crippen LogP contribution in [0.15, 0.2) is 84.9 Å². The Morgan fingerprint density at radius 2 is 1.00 bits per heavy atom. The van der Waals surface area contributed by atoms with Gasteiger partial charge in [-0.05, 0) is 66.0 Å². The summed E-state index contributed by atoms with van der Waals surface area (Å²) >= 11 is 0. The summed E-state index contributed by atoms with van der Waals surface area (Å²) in [7, 11) is 0. The number of phenols is 2. The van der Waals surface area contributed by atoms with Crippen LogP contribution in [0, 0.1) is 17.8 Å². The molecule has 0 bridgehead atoms. The van der Waals surface area contributed by atoms with Crippen LogP contribution < -0.4 is 37.6 Å². The lowest BCUT2D eigenvalue weighted by Crippen LogP contribution is -2.61. The summed E-state index contributed by atoms with van der Waals surface area (Å²) in [6, 6.07) is 15.1. The molecule has 10 N–H and O–H groups in total. The molecule has 0 aromatic heterocycles. The summed E-state index contributed by atoms with van der Waals surface area (Å²) < 4.78 is 0. The summed E-state index contributed by atoms with van der Waals surface area (Å²) in [5.41, 5.74) is 7.24. The van der Waals surface area contributed by atoms with Crippen molar-refractivity contribution in [3.05, 3.63) is 102 Å². The molecule has 6 atom stereocenters. The number of hydrogen-bond donors (Lipinski definition) is 9. The van der Waals surface area contributed by atoms with Crippen molar-refractivity contribution < 1.29 is 43.8 Å². The summed E-state index contributed by atoms with van der Waals surface area (Å²) in [4.78, 5) is 94.0. The molecule has 0 aliphatic heterocycles. The van der Waals surface area contributed by atoms with E-state index in [0.717, 1.165) is 5.56 Å². The molecule has 334 valence electrons. The van der Waals surface area contributed by atoms with Gasteiger partial charge in [0.25, 0.3) is 0 Å². The lowest BCUT2D eigenvalue weighted by molar-refractivity contribution is -0.136. The molecule has 0 fully saturated rings. The highest BCUT2D eigenvalue weighted by atomic mass is 16.3. The molecule has 0 saturated heterocycles. The van der Waals surface area contributed by atoms with Crippen molar-refractivity contribution in [1.29, 1.82) is 0 Å². The van der Waals surface area contributed by atoms with Gasteiger partial charge in [0, 0.05) is 18.9 Å². The van der Waals surface area contributed by atoms with Crippen molar-refractivity contribution >= 4 is 47.4 Å². The second kappa shape index (κ2) is 23.9. The minimum absolute atomic E-state index is 0.0226. The van der Waals surface area contributed by atoms with Crippen molar-refractivity contribution in [2.45, 2.75) is 104 Å². The van der Waals surface area contributed by atoms with Crippen LogP contribution in [0.1, 0.15) is 71.6 Å². The molecule has 3 aromatic carbocycles. The third-order valence-electron chi connectivity index (χ3n) is 9.88. The molecule has 3 aromatic rings. The zero-order valence-electron chi connectivity index (χ0n) is 36.3. The van der Waals surface area contributed by atoms with Crippen LogP contribution in [0.2, 0.25) is 0 Å². The van der Waals surface area contributed by atoms with E-state index >= 15 is 0 Å². The standard InChI is InChI=1S/C46H61N7O9/c1-26(2)22-33(49-38(56)21-19-32-18-20-36(54)37(55)25-32)44(60)52-40(28(5)6)46(62)53-39(27(3)4)45(61)51-35(24-31-16-12-9-13-17-31)43(59)50-34(23-30-14-10-8-11-15-30)42(58)48-29(7)41(47)57/h8-21,25-29,33-35,39-40,54-55H,22-24H2,1-7H3,(H2,47,57)(H,48,58)(H,49,56)(H,50,59)(H,51,61)(H,52,60)(H,53,62)/b21-19+/t29-,33-,34-,35-,39-,40-/m1/s1. The van der Waals surface area contributed by atoms with E-state index in [1.165, 1.54) is 37.3 Å². The second-order valence-electron chi connectivity index (χ2n) is 16.4. The number of rotatable bonds is 22. The fourth-order valence-corrected chi connectivity index (χ4v) is 6.34. The lowest BCUT2D eigenvalue weighted by Gasteiger charge is -2.30. The number of primary amides is 1. The first kappa shape index (κ1) is 49.7. The molecule has 3 rings (SSSR count). The van der Waals surface area contributed by atoms with Gasteiger partial charge in [0.1, 0.15) is 36.3 Å². The third kappa shape index (κ3) is 16.0. The number of nitrogens with one attached hydrogen (secondary N) is 6. The molecule has 0 spiro atoms. The fraction of sp³-hybridized carbons (Fsp3) is 0.413. The minimum atomic E-state index is -1.22. The summed E-state index contributed by atoms with van der Waals surface area (Å²) in [5, 5.41) is 35.6. The Kier molecular flexibility index (Phi) is 19.2. The first-order valence-electron chi connectivity index (χ1n) is 20.6. The third-order valence-corrected chi connectivity index (χ3v) is 9.88. The van der Waals surface area contributed by atoms with Gasteiger partial charge in [-0.3, -0.25) is 33.6 Å². The molecule has 0 heterocycles. The van der Waals surface area contributed by atoms with E-state index in [1.807, 2.05) is 13.8 Å². The van der Waals surface area contributed by atoms with E-state index < -0.39 is 89.4 Å². The number of benzene rings is 3. The van der Waals surface area contributed by atoms with E-state index in [0.29, 0.717) is 11.1 Å². The maximum atomic E-state index is 14.1.